The number of aromatic nitrogens is 3. The van der Waals surface area contributed by atoms with Crippen molar-refractivity contribution < 1.29 is 9.59 Å². The standard InChI is InChI=1S/C17H21N5O2/c1-10(2)13-17(5-3-6-17)9-21(13)16(24)12-4-7-19-15-11(14(18)23)8-20-22(12)15/h4,7-8,10,13H,3,5-6,9H2,1-2H3,(H2,18,23). The molecule has 3 heterocycles. The van der Waals surface area contributed by atoms with Crippen molar-refractivity contribution in [3.8, 4) is 0 Å². The Morgan fingerprint density at radius 2 is 2.12 bits per heavy atom. The number of nitrogens with two attached hydrogens (primary N) is 1. The molecule has 4 rings (SSSR count). The summed E-state index contributed by atoms with van der Waals surface area (Å²) in [5, 5.41) is 4.15. The Morgan fingerprint density at radius 1 is 1.38 bits per heavy atom. The fourth-order valence-electron chi connectivity index (χ4n) is 4.47. The van der Waals surface area contributed by atoms with Crippen LogP contribution < -0.4 is 5.73 Å². The van der Waals surface area contributed by atoms with E-state index in [0.717, 1.165) is 6.54 Å². The average Bonchev–Trinajstić information content (AvgIpc) is 2.87. The fourth-order valence-corrected chi connectivity index (χ4v) is 4.47. The molecule has 1 aliphatic carbocycles. The molecule has 2 aliphatic rings. The topological polar surface area (TPSA) is 93.6 Å². The molecule has 126 valence electrons. The van der Waals surface area contributed by atoms with E-state index in [9.17, 15) is 9.59 Å². The van der Waals surface area contributed by atoms with Crippen molar-refractivity contribution in [1.82, 2.24) is 19.5 Å². The van der Waals surface area contributed by atoms with Gasteiger partial charge in [-0.05, 0) is 24.8 Å². The molecule has 1 spiro atoms. The molecule has 2 N–H and O–H groups in total. The lowest BCUT2D eigenvalue weighted by Crippen LogP contribution is -2.70. The van der Waals surface area contributed by atoms with Crippen LogP contribution in [0.1, 0.15) is 54.0 Å². The van der Waals surface area contributed by atoms with Gasteiger partial charge >= 0.3 is 0 Å². The van der Waals surface area contributed by atoms with E-state index in [1.165, 1.54) is 36.2 Å². The van der Waals surface area contributed by atoms with E-state index in [0.29, 0.717) is 22.7 Å². The summed E-state index contributed by atoms with van der Waals surface area (Å²) in [6.45, 7) is 5.15. The number of amides is 2. The number of carbonyl (C=O) groups excluding carboxylic acids is 2. The van der Waals surface area contributed by atoms with E-state index >= 15 is 0 Å². The lowest BCUT2D eigenvalue weighted by molar-refractivity contribution is -0.121. The second-order valence-corrected chi connectivity index (χ2v) is 7.33. The third-order valence-electron chi connectivity index (χ3n) is 5.58. The molecule has 0 bridgehead atoms. The maximum absolute atomic E-state index is 13.1. The van der Waals surface area contributed by atoms with Gasteiger partial charge in [-0.3, -0.25) is 9.59 Å². The van der Waals surface area contributed by atoms with Gasteiger partial charge in [-0.15, -0.1) is 0 Å². The van der Waals surface area contributed by atoms with Crippen LogP contribution in [0.25, 0.3) is 5.65 Å². The van der Waals surface area contributed by atoms with Crippen molar-refractivity contribution in [3.05, 3.63) is 29.7 Å². The number of hydrogen-bond acceptors (Lipinski definition) is 4. The van der Waals surface area contributed by atoms with Gasteiger partial charge < -0.3 is 10.6 Å². The Balaban J connectivity index is 1.70. The van der Waals surface area contributed by atoms with E-state index in [1.807, 2.05) is 4.90 Å². The molecule has 2 aromatic rings. The molecule has 1 unspecified atom stereocenters. The van der Waals surface area contributed by atoms with Crippen LogP contribution in [0.5, 0.6) is 0 Å². The van der Waals surface area contributed by atoms with Gasteiger partial charge in [0.25, 0.3) is 11.8 Å². The molecule has 0 aromatic carbocycles. The zero-order chi connectivity index (χ0) is 17.1. The molecule has 2 aromatic heterocycles. The minimum absolute atomic E-state index is 0.0576. The molecule has 2 amide bonds. The summed E-state index contributed by atoms with van der Waals surface area (Å²) in [6, 6.07) is 1.92. The molecule has 1 aliphatic heterocycles. The van der Waals surface area contributed by atoms with E-state index in [4.69, 9.17) is 5.73 Å². The predicted octanol–water partition coefficient (Wildman–Crippen LogP) is 1.48. The summed E-state index contributed by atoms with van der Waals surface area (Å²) in [5.41, 5.74) is 6.64. The van der Waals surface area contributed by atoms with Crippen LogP contribution >= 0.6 is 0 Å². The van der Waals surface area contributed by atoms with Gasteiger partial charge in [-0.1, -0.05) is 20.3 Å². The van der Waals surface area contributed by atoms with Crippen molar-refractivity contribution in [2.75, 3.05) is 6.54 Å². The van der Waals surface area contributed by atoms with E-state index in [1.54, 1.807) is 6.07 Å². The number of likely N-dealkylation sites (tertiary alicyclic amines) is 1. The molecule has 2 fully saturated rings. The monoisotopic (exact) mass is 327 g/mol. The van der Waals surface area contributed by atoms with Gasteiger partial charge in [0.05, 0.1) is 6.20 Å². The van der Waals surface area contributed by atoms with Crippen molar-refractivity contribution in [3.63, 3.8) is 0 Å². The first-order valence-corrected chi connectivity index (χ1v) is 8.38. The first-order valence-electron chi connectivity index (χ1n) is 8.38. The third kappa shape index (κ3) is 1.90. The van der Waals surface area contributed by atoms with Crippen LogP contribution in [0.4, 0.5) is 0 Å². The molecule has 1 atom stereocenters. The van der Waals surface area contributed by atoms with Gasteiger partial charge in [0.2, 0.25) is 0 Å². The number of hydrogen-bond donors (Lipinski definition) is 1. The van der Waals surface area contributed by atoms with Crippen molar-refractivity contribution in [2.45, 2.75) is 39.2 Å². The number of nitrogens with zero attached hydrogens (tertiary/aromatic N) is 4. The summed E-state index contributed by atoms with van der Waals surface area (Å²) in [6.07, 6.45) is 6.56. The highest BCUT2D eigenvalue weighted by atomic mass is 16.2. The Bertz CT molecular complexity index is 837. The normalized spacial score (nSPS) is 21.8. The maximum Gasteiger partial charge on any atom is 0.272 e. The molecular weight excluding hydrogens is 306 g/mol. The SMILES string of the molecule is CC(C)C1N(C(=O)c2ccnc3c(C(N)=O)cnn23)CC12CCC2. The predicted molar refractivity (Wildman–Crippen MR) is 87.5 cm³/mol. The van der Waals surface area contributed by atoms with Crippen molar-refractivity contribution in [1.29, 1.82) is 0 Å². The quantitative estimate of drug-likeness (QED) is 0.924. The molecule has 0 radical (unpaired) electrons. The van der Waals surface area contributed by atoms with Crippen LogP contribution in [0, 0.1) is 11.3 Å². The molecular formula is C17H21N5O2. The summed E-state index contributed by atoms with van der Waals surface area (Å²) >= 11 is 0. The maximum atomic E-state index is 13.1. The summed E-state index contributed by atoms with van der Waals surface area (Å²) < 4.78 is 1.42. The van der Waals surface area contributed by atoms with E-state index in [2.05, 4.69) is 23.9 Å². The lowest BCUT2D eigenvalue weighted by atomic mass is 9.55. The summed E-state index contributed by atoms with van der Waals surface area (Å²) in [5.74, 6) is -0.239. The second-order valence-electron chi connectivity index (χ2n) is 7.33. The van der Waals surface area contributed by atoms with Crippen LogP contribution in [-0.2, 0) is 0 Å². The summed E-state index contributed by atoms with van der Waals surface area (Å²) in [7, 11) is 0. The molecule has 7 heteroatoms. The Labute approximate surface area is 139 Å². The van der Waals surface area contributed by atoms with Crippen LogP contribution in [-0.4, -0.2) is 43.9 Å². The Hall–Kier alpha value is -2.44. The molecule has 1 saturated heterocycles. The number of primary amides is 1. The fraction of sp³-hybridized carbons (Fsp3) is 0.529. The average molecular weight is 327 g/mol. The van der Waals surface area contributed by atoms with Crippen LogP contribution in [0.3, 0.4) is 0 Å². The van der Waals surface area contributed by atoms with E-state index < -0.39 is 5.91 Å². The Morgan fingerprint density at radius 3 is 2.71 bits per heavy atom. The van der Waals surface area contributed by atoms with Gasteiger partial charge in [-0.2, -0.15) is 5.10 Å². The first kappa shape index (κ1) is 15.1. The van der Waals surface area contributed by atoms with Crippen molar-refractivity contribution >= 4 is 17.5 Å². The zero-order valence-corrected chi connectivity index (χ0v) is 13.9. The largest absolute Gasteiger partial charge is 0.365 e. The van der Waals surface area contributed by atoms with Crippen LogP contribution in [0.2, 0.25) is 0 Å². The highest BCUT2D eigenvalue weighted by Crippen LogP contribution is 2.55. The van der Waals surface area contributed by atoms with Gasteiger partial charge in [0.1, 0.15) is 11.3 Å². The summed E-state index contributed by atoms with van der Waals surface area (Å²) in [4.78, 5) is 30.6. The number of fused-ring (bicyclic) bond motifs is 1. The lowest BCUT2D eigenvalue weighted by Gasteiger charge is -2.64. The molecule has 7 nitrogen and oxygen atoms in total. The van der Waals surface area contributed by atoms with Crippen molar-refractivity contribution in [2.24, 2.45) is 17.1 Å². The minimum Gasteiger partial charge on any atom is -0.365 e. The smallest absolute Gasteiger partial charge is 0.272 e. The molecule has 1 saturated carbocycles. The van der Waals surface area contributed by atoms with Gasteiger partial charge in [0.15, 0.2) is 5.65 Å². The highest BCUT2D eigenvalue weighted by molar-refractivity contribution is 6.00. The Kier molecular flexibility index (Phi) is 3.16. The zero-order valence-electron chi connectivity index (χ0n) is 13.9. The highest BCUT2D eigenvalue weighted by Gasteiger charge is 2.58. The number of rotatable bonds is 3. The third-order valence-corrected chi connectivity index (χ3v) is 5.58. The minimum atomic E-state index is -0.598. The van der Waals surface area contributed by atoms with Crippen LogP contribution in [0.15, 0.2) is 18.5 Å². The number of carbonyl (C=O) groups is 2. The van der Waals surface area contributed by atoms with E-state index in [-0.39, 0.29) is 17.5 Å². The van der Waals surface area contributed by atoms with Gasteiger partial charge in [0, 0.05) is 24.2 Å². The second kappa shape index (κ2) is 5.03. The molecule has 24 heavy (non-hydrogen) atoms. The van der Waals surface area contributed by atoms with Gasteiger partial charge in [-0.25, -0.2) is 9.50 Å². The first-order chi connectivity index (χ1) is 11.4.